The van der Waals surface area contributed by atoms with Crippen molar-refractivity contribution in [3.63, 3.8) is 0 Å². The van der Waals surface area contributed by atoms with Crippen LogP contribution in [0.2, 0.25) is 0 Å². The van der Waals surface area contributed by atoms with Crippen molar-refractivity contribution < 1.29 is 0 Å². The third-order valence-corrected chi connectivity index (χ3v) is 2.69. The minimum absolute atomic E-state index is 1.11. The van der Waals surface area contributed by atoms with Gasteiger partial charge in [0, 0.05) is 0 Å². The monoisotopic (exact) mass is 170 g/mol. The molecule has 0 spiro atoms. The van der Waals surface area contributed by atoms with Crippen LogP contribution in [0, 0.1) is 5.92 Å². The standard InChI is InChI=1S/C10H20.C2H6/c1-2-3-7-10-8-5-4-6-9-10;1-2/h10H,2-9H2,1H3;1-2H3. The molecule has 0 nitrogen and oxygen atoms in total. The van der Waals surface area contributed by atoms with Gasteiger partial charge < -0.3 is 0 Å². The Kier molecular flexibility index (Phi) is 9.09. The van der Waals surface area contributed by atoms with E-state index < -0.39 is 0 Å². The first-order valence-electron chi connectivity index (χ1n) is 5.93. The van der Waals surface area contributed by atoms with Crippen LogP contribution in [0.25, 0.3) is 0 Å². The van der Waals surface area contributed by atoms with Crippen molar-refractivity contribution in [1.82, 2.24) is 0 Å². The van der Waals surface area contributed by atoms with E-state index in [1.165, 1.54) is 51.4 Å². The molecule has 12 heavy (non-hydrogen) atoms. The van der Waals surface area contributed by atoms with E-state index in [2.05, 4.69) is 6.92 Å². The molecule has 0 aliphatic heterocycles. The molecule has 0 aromatic rings. The second kappa shape index (κ2) is 9.09. The van der Waals surface area contributed by atoms with Gasteiger partial charge in [-0.3, -0.25) is 0 Å². The molecule has 1 saturated carbocycles. The summed E-state index contributed by atoms with van der Waals surface area (Å²) in [6.45, 7) is 6.29. The van der Waals surface area contributed by atoms with Gasteiger partial charge in [-0.15, -0.1) is 0 Å². The lowest BCUT2D eigenvalue weighted by molar-refractivity contribution is 0.331. The lowest BCUT2D eigenvalue weighted by atomic mass is 9.86. The molecular weight excluding hydrogens is 144 g/mol. The second-order valence-corrected chi connectivity index (χ2v) is 3.65. The zero-order valence-corrected chi connectivity index (χ0v) is 9.23. The zero-order chi connectivity index (χ0) is 9.23. The Morgan fingerprint density at radius 2 is 1.58 bits per heavy atom. The van der Waals surface area contributed by atoms with Crippen molar-refractivity contribution in [3.05, 3.63) is 0 Å². The van der Waals surface area contributed by atoms with E-state index in [1.54, 1.807) is 0 Å². The largest absolute Gasteiger partial charge is 0.0683 e. The first-order valence-corrected chi connectivity index (χ1v) is 5.93. The maximum atomic E-state index is 2.29. The van der Waals surface area contributed by atoms with E-state index in [1.807, 2.05) is 13.8 Å². The SMILES string of the molecule is CC.CCCCC1CCCCC1. The van der Waals surface area contributed by atoms with Crippen molar-refractivity contribution in [2.24, 2.45) is 5.92 Å². The Bertz CT molecular complexity index is 70.1. The molecule has 1 aliphatic rings. The Morgan fingerprint density at radius 3 is 2.08 bits per heavy atom. The van der Waals surface area contributed by atoms with Crippen molar-refractivity contribution in [2.75, 3.05) is 0 Å². The average Bonchev–Trinajstić information content (AvgIpc) is 2.19. The van der Waals surface area contributed by atoms with Crippen molar-refractivity contribution >= 4 is 0 Å². The molecule has 0 heteroatoms. The molecule has 1 rings (SSSR count). The molecule has 0 unspecified atom stereocenters. The van der Waals surface area contributed by atoms with E-state index in [0.29, 0.717) is 0 Å². The van der Waals surface area contributed by atoms with Crippen LogP contribution in [-0.4, -0.2) is 0 Å². The highest BCUT2D eigenvalue weighted by atomic mass is 14.2. The Morgan fingerprint density at radius 1 is 1.00 bits per heavy atom. The molecule has 0 bridgehead atoms. The number of rotatable bonds is 3. The van der Waals surface area contributed by atoms with Crippen molar-refractivity contribution in [1.29, 1.82) is 0 Å². The first-order chi connectivity index (χ1) is 5.93. The minimum Gasteiger partial charge on any atom is -0.0683 e. The quantitative estimate of drug-likeness (QED) is 0.571. The molecule has 1 aliphatic carbocycles. The van der Waals surface area contributed by atoms with Gasteiger partial charge in [-0.25, -0.2) is 0 Å². The molecule has 74 valence electrons. The van der Waals surface area contributed by atoms with E-state index >= 15 is 0 Å². The summed E-state index contributed by atoms with van der Waals surface area (Å²) in [4.78, 5) is 0. The van der Waals surface area contributed by atoms with Crippen LogP contribution >= 0.6 is 0 Å². The van der Waals surface area contributed by atoms with Crippen LogP contribution in [0.4, 0.5) is 0 Å². The smallest absolute Gasteiger partial charge is 0.0414 e. The van der Waals surface area contributed by atoms with Gasteiger partial charge in [0.2, 0.25) is 0 Å². The summed E-state index contributed by atoms with van der Waals surface area (Å²) in [7, 11) is 0. The van der Waals surface area contributed by atoms with Crippen LogP contribution in [0.5, 0.6) is 0 Å². The summed E-state index contributed by atoms with van der Waals surface area (Å²) in [5, 5.41) is 0. The molecule has 0 N–H and O–H groups in total. The van der Waals surface area contributed by atoms with E-state index in [-0.39, 0.29) is 0 Å². The van der Waals surface area contributed by atoms with Crippen LogP contribution < -0.4 is 0 Å². The van der Waals surface area contributed by atoms with Crippen LogP contribution in [0.15, 0.2) is 0 Å². The maximum Gasteiger partial charge on any atom is -0.0414 e. The highest BCUT2D eigenvalue weighted by Crippen LogP contribution is 2.27. The Labute approximate surface area is 78.8 Å². The minimum atomic E-state index is 1.11. The number of hydrogen-bond acceptors (Lipinski definition) is 0. The fraction of sp³-hybridized carbons (Fsp3) is 1.00. The van der Waals surface area contributed by atoms with E-state index in [9.17, 15) is 0 Å². The van der Waals surface area contributed by atoms with E-state index in [4.69, 9.17) is 0 Å². The molecule has 0 saturated heterocycles. The van der Waals surface area contributed by atoms with Gasteiger partial charge in [0.1, 0.15) is 0 Å². The highest BCUT2D eigenvalue weighted by Gasteiger charge is 2.11. The summed E-state index contributed by atoms with van der Waals surface area (Å²) in [5.41, 5.74) is 0. The van der Waals surface area contributed by atoms with Crippen LogP contribution in [0.3, 0.4) is 0 Å². The van der Waals surface area contributed by atoms with Gasteiger partial charge in [0.05, 0.1) is 0 Å². The molecule has 0 radical (unpaired) electrons. The predicted octanol–water partition coefficient (Wildman–Crippen LogP) is 4.78. The number of unbranched alkanes of at least 4 members (excludes halogenated alkanes) is 1. The number of hydrogen-bond donors (Lipinski definition) is 0. The first kappa shape index (κ1) is 12.0. The van der Waals surface area contributed by atoms with Gasteiger partial charge in [-0.05, 0) is 5.92 Å². The van der Waals surface area contributed by atoms with Gasteiger partial charge in [0.15, 0.2) is 0 Å². The molecule has 0 heterocycles. The van der Waals surface area contributed by atoms with Gasteiger partial charge in [0.25, 0.3) is 0 Å². The highest BCUT2D eigenvalue weighted by molar-refractivity contribution is 4.65. The maximum absolute atomic E-state index is 2.29. The van der Waals surface area contributed by atoms with Gasteiger partial charge in [-0.1, -0.05) is 72.1 Å². The van der Waals surface area contributed by atoms with Crippen LogP contribution in [-0.2, 0) is 0 Å². The summed E-state index contributed by atoms with van der Waals surface area (Å²) in [5.74, 6) is 1.11. The van der Waals surface area contributed by atoms with E-state index in [0.717, 1.165) is 5.92 Å². The fourth-order valence-corrected chi connectivity index (χ4v) is 1.97. The summed E-state index contributed by atoms with van der Waals surface area (Å²) >= 11 is 0. The summed E-state index contributed by atoms with van der Waals surface area (Å²) in [6.07, 6.45) is 11.9. The Balaban J connectivity index is 0.000000561. The normalized spacial score (nSPS) is 18.2. The summed E-state index contributed by atoms with van der Waals surface area (Å²) in [6, 6.07) is 0. The van der Waals surface area contributed by atoms with Crippen LogP contribution in [0.1, 0.15) is 72.1 Å². The third-order valence-electron chi connectivity index (χ3n) is 2.69. The molecule has 0 atom stereocenters. The molecule has 1 fully saturated rings. The fourth-order valence-electron chi connectivity index (χ4n) is 1.97. The lowest BCUT2D eigenvalue weighted by Gasteiger charge is -2.20. The predicted molar refractivity (Wildman–Crippen MR) is 57.4 cm³/mol. The zero-order valence-electron chi connectivity index (χ0n) is 9.23. The van der Waals surface area contributed by atoms with Crippen molar-refractivity contribution in [2.45, 2.75) is 72.1 Å². The lowest BCUT2D eigenvalue weighted by Crippen LogP contribution is -2.05. The average molecular weight is 170 g/mol. The molecule has 0 aromatic carbocycles. The third kappa shape index (κ3) is 5.62. The van der Waals surface area contributed by atoms with Crippen molar-refractivity contribution in [3.8, 4) is 0 Å². The topological polar surface area (TPSA) is 0 Å². The van der Waals surface area contributed by atoms with Gasteiger partial charge >= 0.3 is 0 Å². The Hall–Kier alpha value is 0. The summed E-state index contributed by atoms with van der Waals surface area (Å²) < 4.78 is 0. The molecular formula is C12H26. The second-order valence-electron chi connectivity index (χ2n) is 3.65. The molecule has 0 amide bonds. The van der Waals surface area contributed by atoms with Gasteiger partial charge in [-0.2, -0.15) is 0 Å². The molecule has 0 aromatic heterocycles.